The molecule has 0 radical (unpaired) electrons. The van der Waals surface area contributed by atoms with E-state index in [1.54, 1.807) is 0 Å². The van der Waals surface area contributed by atoms with Crippen LogP contribution in [0.15, 0.2) is 12.3 Å². The first-order valence-electron chi connectivity index (χ1n) is 11.5. The number of hydrogen-bond acceptors (Lipinski definition) is 1. The van der Waals surface area contributed by atoms with E-state index in [0.717, 1.165) is 42.1 Å². The normalized spacial score (nSPS) is 29.0. The number of pyridine rings is 1. The van der Waals surface area contributed by atoms with Crippen LogP contribution in [0, 0.1) is 35.4 Å². The quantitative estimate of drug-likeness (QED) is 0.338. The highest BCUT2D eigenvalue weighted by Gasteiger charge is 2.30. The van der Waals surface area contributed by atoms with E-state index in [9.17, 15) is 8.78 Å². The van der Waals surface area contributed by atoms with Crippen molar-refractivity contribution in [3.05, 3.63) is 29.6 Å². The molecule has 3 heteroatoms. The van der Waals surface area contributed by atoms with Crippen molar-refractivity contribution in [2.24, 2.45) is 23.7 Å². The molecule has 1 nitrogen and oxygen atoms in total. The van der Waals surface area contributed by atoms with Crippen molar-refractivity contribution >= 4 is 0 Å². The van der Waals surface area contributed by atoms with Crippen LogP contribution in [0.3, 0.4) is 0 Å². The van der Waals surface area contributed by atoms with Crippen LogP contribution in [0.2, 0.25) is 0 Å². The van der Waals surface area contributed by atoms with Gasteiger partial charge in [0, 0.05) is 6.20 Å². The Kier molecular flexibility index (Phi) is 8.08. The maximum Gasteiger partial charge on any atom is 0.248 e. The first-order chi connectivity index (χ1) is 13.2. The molecule has 0 atom stereocenters. The highest BCUT2D eigenvalue weighted by atomic mass is 19.2. The monoisotopic (exact) mass is 377 g/mol. The molecule has 152 valence electrons. The molecule has 3 rings (SSSR count). The van der Waals surface area contributed by atoms with Gasteiger partial charge in [-0.05, 0) is 73.8 Å². The average Bonchev–Trinajstić information content (AvgIpc) is 2.70. The summed E-state index contributed by atoms with van der Waals surface area (Å²) in [4.78, 5) is 3.50. The van der Waals surface area contributed by atoms with E-state index in [1.165, 1.54) is 89.3 Å². The predicted molar refractivity (Wildman–Crippen MR) is 108 cm³/mol. The smallest absolute Gasteiger partial charge is 0.225 e. The first-order valence-corrected chi connectivity index (χ1v) is 11.5. The van der Waals surface area contributed by atoms with Crippen LogP contribution in [0.4, 0.5) is 8.78 Å². The molecule has 2 saturated carbocycles. The van der Waals surface area contributed by atoms with Gasteiger partial charge in [0.2, 0.25) is 5.95 Å². The minimum absolute atomic E-state index is 0.750. The number of hydrogen-bond donors (Lipinski definition) is 0. The van der Waals surface area contributed by atoms with E-state index in [-0.39, 0.29) is 0 Å². The summed E-state index contributed by atoms with van der Waals surface area (Å²) in [5.41, 5.74) is 0.831. The van der Waals surface area contributed by atoms with Crippen molar-refractivity contribution in [2.45, 2.75) is 96.8 Å². The SMILES string of the molecule is CCCCC[C@H]1CC[C@H]([C@H]2CC[C@H](CCc3cnc(F)c(F)c3)CC2)CC1. The summed E-state index contributed by atoms with van der Waals surface area (Å²) in [5, 5.41) is 0. The summed E-state index contributed by atoms with van der Waals surface area (Å²) >= 11 is 0. The number of halogens is 2. The van der Waals surface area contributed by atoms with E-state index in [0.29, 0.717) is 0 Å². The molecule has 0 bridgehead atoms. The molecule has 2 aliphatic rings. The molecule has 1 aromatic heterocycles. The fourth-order valence-electron chi connectivity index (χ4n) is 5.55. The third kappa shape index (κ3) is 6.26. The van der Waals surface area contributed by atoms with Gasteiger partial charge in [0.25, 0.3) is 0 Å². The Balaban J connectivity index is 1.34. The Labute approximate surface area is 164 Å². The minimum Gasteiger partial charge on any atom is -0.225 e. The summed E-state index contributed by atoms with van der Waals surface area (Å²) in [5.74, 6) is 1.88. The number of rotatable bonds is 8. The topological polar surface area (TPSA) is 12.9 Å². The Hall–Kier alpha value is -0.990. The van der Waals surface area contributed by atoms with Crippen LogP contribution in [0.5, 0.6) is 0 Å². The number of aromatic nitrogens is 1. The van der Waals surface area contributed by atoms with Crippen LogP contribution in [0.1, 0.15) is 96.0 Å². The summed E-state index contributed by atoms with van der Waals surface area (Å²) in [6, 6.07) is 1.31. The Morgan fingerprint density at radius 3 is 2.00 bits per heavy atom. The fourth-order valence-corrected chi connectivity index (χ4v) is 5.55. The van der Waals surface area contributed by atoms with Gasteiger partial charge in [0.1, 0.15) is 0 Å². The van der Waals surface area contributed by atoms with Crippen molar-refractivity contribution in [1.29, 1.82) is 0 Å². The van der Waals surface area contributed by atoms with Crippen LogP contribution >= 0.6 is 0 Å². The van der Waals surface area contributed by atoms with Gasteiger partial charge in [-0.1, -0.05) is 58.3 Å². The molecule has 0 N–H and O–H groups in total. The van der Waals surface area contributed by atoms with Gasteiger partial charge in [-0.15, -0.1) is 0 Å². The second kappa shape index (κ2) is 10.5. The Bertz CT molecular complexity index is 557. The van der Waals surface area contributed by atoms with Gasteiger partial charge in [0.15, 0.2) is 5.82 Å². The van der Waals surface area contributed by atoms with Crippen molar-refractivity contribution in [1.82, 2.24) is 4.98 Å². The number of aryl methyl sites for hydroxylation is 1. The van der Waals surface area contributed by atoms with Gasteiger partial charge < -0.3 is 0 Å². The van der Waals surface area contributed by atoms with E-state index in [2.05, 4.69) is 11.9 Å². The molecular weight excluding hydrogens is 340 g/mol. The van der Waals surface area contributed by atoms with Gasteiger partial charge in [-0.25, -0.2) is 9.37 Å². The zero-order chi connectivity index (χ0) is 19.1. The third-order valence-electron chi connectivity index (χ3n) is 7.36. The van der Waals surface area contributed by atoms with E-state index >= 15 is 0 Å². The lowest BCUT2D eigenvalue weighted by Gasteiger charge is -2.38. The lowest BCUT2D eigenvalue weighted by Crippen LogP contribution is -2.26. The maximum atomic E-state index is 13.3. The van der Waals surface area contributed by atoms with E-state index < -0.39 is 11.8 Å². The fraction of sp³-hybridized carbons (Fsp3) is 0.792. The second-order valence-electron chi connectivity index (χ2n) is 9.21. The minimum atomic E-state index is -0.987. The van der Waals surface area contributed by atoms with Crippen molar-refractivity contribution < 1.29 is 8.78 Å². The van der Waals surface area contributed by atoms with Crippen LogP contribution in [0.25, 0.3) is 0 Å². The number of nitrogens with zero attached hydrogens (tertiary/aromatic N) is 1. The lowest BCUT2D eigenvalue weighted by molar-refractivity contribution is 0.140. The first kappa shape index (κ1) is 20.7. The average molecular weight is 378 g/mol. The van der Waals surface area contributed by atoms with Gasteiger partial charge >= 0.3 is 0 Å². The van der Waals surface area contributed by atoms with Gasteiger partial charge in [-0.3, -0.25) is 0 Å². The number of unbranched alkanes of at least 4 members (excludes halogenated alkanes) is 2. The third-order valence-corrected chi connectivity index (χ3v) is 7.36. The Morgan fingerprint density at radius 2 is 1.44 bits per heavy atom. The van der Waals surface area contributed by atoms with Crippen molar-refractivity contribution in [3.8, 4) is 0 Å². The van der Waals surface area contributed by atoms with Crippen LogP contribution in [-0.4, -0.2) is 4.98 Å². The van der Waals surface area contributed by atoms with Gasteiger partial charge in [0.05, 0.1) is 0 Å². The van der Waals surface area contributed by atoms with Crippen molar-refractivity contribution in [3.63, 3.8) is 0 Å². The predicted octanol–water partition coefficient (Wildman–Crippen LogP) is 7.49. The van der Waals surface area contributed by atoms with Gasteiger partial charge in [-0.2, -0.15) is 4.39 Å². The molecule has 0 spiro atoms. The molecule has 2 fully saturated rings. The Morgan fingerprint density at radius 1 is 0.852 bits per heavy atom. The molecule has 1 aromatic rings. The summed E-state index contributed by atoms with van der Waals surface area (Å²) in [7, 11) is 0. The van der Waals surface area contributed by atoms with Crippen LogP contribution < -0.4 is 0 Å². The second-order valence-corrected chi connectivity index (χ2v) is 9.21. The zero-order valence-corrected chi connectivity index (χ0v) is 17.1. The van der Waals surface area contributed by atoms with Crippen molar-refractivity contribution in [2.75, 3.05) is 0 Å². The molecule has 2 aliphatic carbocycles. The highest BCUT2D eigenvalue weighted by Crippen LogP contribution is 2.43. The zero-order valence-electron chi connectivity index (χ0n) is 17.1. The molecular formula is C24H37F2N. The maximum absolute atomic E-state index is 13.3. The summed E-state index contributed by atoms with van der Waals surface area (Å²) in [6.07, 6.45) is 20.3. The molecule has 1 heterocycles. The highest BCUT2D eigenvalue weighted by molar-refractivity contribution is 5.11. The molecule has 0 amide bonds. The summed E-state index contributed by atoms with van der Waals surface area (Å²) in [6.45, 7) is 2.29. The summed E-state index contributed by atoms with van der Waals surface area (Å²) < 4.78 is 26.2. The van der Waals surface area contributed by atoms with Crippen LogP contribution in [-0.2, 0) is 6.42 Å². The largest absolute Gasteiger partial charge is 0.248 e. The lowest BCUT2D eigenvalue weighted by atomic mass is 9.68. The molecule has 0 unspecified atom stereocenters. The standard InChI is InChI=1S/C24H37F2N/c1-2-3-4-5-18-8-12-21(13-9-18)22-14-10-19(11-15-22)6-7-20-16-23(25)24(26)27-17-20/h16-19,21-22H,2-15H2,1H3/t18-,19-,21-,22-. The molecule has 27 heavy (non-hydrogen) atoms. The van der Waals surface area contributed by atoms with E-state index in [1.807, 2.05) is 0 Å². The van der Waals surface area contributed by atoms with E-state index in [4.69, 9.17) is 0 Å². The molecule has 0 aliphatic heterocycles. The molecule has 0 aromatic carbocycles. The molecule has 0 saturated heterocycles.